The van der Waals surface area contributed by atoms with Crippen molar-refractivity contribution in [1.29, 1.82) is 0 Å². The van der Waals surface area contributed by atoms with E-state index in [2.05, 4.69) is 4.98 Å². The number of nitrogens with two attached hydrogens (primary N) is 1. The van der Waals surface area contributed by atoms with Crippen LogP contribution in [0.2, 0.25) is 0 Å². The first-order valence-electron chi connectivity index (χ1n) is 6.21. The first-order valence-corrected chi connectivity index (χ1v) is 6.21. The molecule has 108 valence electrons. The number of anilines is 1. The number of nitro benzene ring substituents is 1. The smallest absolute Gasteiger partial charge is 0.378 e. The van der Waals surface area contributed by atoms with E-state index in [1.807, 2.05) is 0 Å². The van der Waals surface area contributed by atoms with Crippen LogP contribution >= 0.6 is 0 Å². The molecule has 9 heteroatoms. The Labute approximate surface area is 118 Å². The number of non-ortho nitro benzene ring substituents is 1. The van der Waals surface area contributed by atoms with Gasteiger partial charge in [0.15, 0.2) is 0 Å². The van der Waals surface area contributed by atoms with Crippen molar-refractivity contribution in [2.24, 2.45) is 0 Å². The second-order valence-corrected chi connectivity index (χ2v) is 4.85. The number of benzene rings is 1. The summed E-state index contributed by atoms with van der Waals surface area (Å²) in [6.45, 7) is 0.486. The summed E-state index contributed by atoms with van der Waals surface area (Å²) in [6.07, 6.45) is 0.524. The number of aromatic nitrogens is 2. The molecule has 1 unspecified atom stereocenters. The SMILES string of the molecule is Nc1c([N+](=O)[O-])nc2n1CC(c1ccc([N+](=O)[O-])cc1)C2. The third-order valence-electron chi connectivity index (χ3n) is 3.65. The second kappa shape index (κ2) is 4.54. The van der Waals surface area contributed by atoms with Gasteiger partial charge < -0.3 is 15.8 Å². The van der Waals surface area contributed by atoms with Crippen molar-refractivity contribution in [1.82, 2.24) is 9.55 Å². The predicted octanol–water partition coefficient (Wildman–Crippen LogP) is 1.62. The molecule has 0 bridgehead atoms. The fourth-order valence-electron chi connectivity index (χ4n) is 2.59. The molecule has 9 nitrogen and oxygen atoms in total. The summed E-state index contributed by atoms with van der Waals surface area (Å²) in [5.74, 6) is 0.380. The molecule has 0 saturated heterocycles. The Hall–Kier alpha value is -2.97. The van der Waals surface area contributed by atoms with Gasteiger partial charge >= 0.3 is 5.82 Å². The average Bonchev–Trinajstić information content (AvgIpc) is 2.99. The van der Waals surface area contributed by atoms with Crippen LogP contribution in [0, 0.1) is 20.2 Å². The van der Waals surface area contributed by atoms with Crippen molar-refractivity contribution in [3.8, 4) is 0 Å². The van der Waals surface area contributed by atoms with Crippen molar-refractivity contribution in [3.63, 3.8) is 0 Å². The van der Waals surface area contributed by atoms with Crippen LogP contribution in [-0.2, 0) is 13.0 Å². The van der Waals surface area contributed by atoms with E-state index in [0.29, 0.717) is 18.8 Å². The molecule has 0 radical (unpaired) electrons. The summed E-state index contributed by atoms with van der Waals surface area (Å²) < 4.78 is 1.63. The van der Waals surface area contributed by atoms with E-state index in [1.54, 1.807) is 16.7 Å². The number of nitro groups is 2. The molecule has 2 aromatic rings. The van der Waals surface area contributed by atoms with Gasteiger partial charge in [-0.15, -0.1) is 0 Å². The summed E-state index contributed by atoms with van der Waals surface area (Å²) >= 11 is 0. The molecule has 21 heavy (non-hydrogen) atoms. The molecule has 2 heterocycles. The summed E-state index contributed by atoms with van der Waals surface area (Å²) in [7, 11) is 0. The van der Waals surface area contributed by atoms with Gasteiger partial charge in [0.05, 0.1) is 4.92 Å². The zero-order chi connectivity index (χ0) is 15.1. The lowest BCUT2D eigenvalue weighted by Gasteiger charge is -2.08. The highest BCUT2D eigenvalue weighted by atomic mass is 16.6. The lowest BCUT2D eigenvalue weighted by molar-refractivity contribution is -0.388. The van der Waals surface area contributed by atoms with Crippen molar-refractivity contribution < 1.29 is 9.85 Å². The standard InChI is InChI=1S/C12H11N5O4/c13-11-12(17(20)21)14-10-5-8(6-15(10)11)7-1-3-9(4-2-7)16(18)19/h1-4,8H,5-6,13H2. The zero-order valence-electron chi connectivity index (χ0n) is 10.8. The maximum atomic E-state index is 10.8. The van der Waals surface area contributed by atoms with E-state index in [1.165, 1.54) is 12.1 Å². The molecule has 1 aromatic heterocycles. The molecule has 2 N–H and O–H groups in total. The maximum absolute atomic E-state index is 10.8. The average molecular weight is 289 g/mol. The van der Waals surface area contributed by atoms with E-state index in [4.69, 9.17) is 5.73 Å². The monoisotopic (exact) mass is 289 g/mol. The Kier molecular flexibility index (Phi) is 2.82. The van der Waals surface area contributed by atoms with Gasteiger partial charge in [-0.3, -0.25) is 14.7 Å². The highest BCUT2D eigenvalue weighted by Crippen LogP contribution is 2.35. The molecule has 1 aliphatic heterocycles. The highest BCUT2D eigenvalue weighted by molar-refractivity contribution is 5.51. The first kappa shape index (κ1) is 13.0. The molecule has 1 aromatic carbocycles. The zero-order valence-corrected chi connectivity index (χ0v) is 10.8. The van der Waals surface area contributed by atoms with E-state index < -0.39 is 9.85 Å². The van der Waals surface area contributed by atoms with E-state index in [-0.39, 0.29) is 23.2 Å². The molecule has 3 rings (SSSR count). The topological polar surface area (TPSA) is 130 Å². The Morgan fingerprint density at radius 1 is 1.19 bits per heavy atom. The van der Waals surface area contributed by atoms with Crippen LogP contribution in [0.3, 0.4) is 0 Å². The van der Waals surface area contributed by atoms with Crippen molar-refractivity contribution in [2.75, 3.05) is 5.73 Å². The molecular weight excluding hydrogens is 278 g/mol. The van der Waals surface area contributed by atoms with Gasteiger partial charge in [-0.1, -0.05) is 12.1 Å². The second-order valence-electron chi connectivity index (χ2n) is 4.85. The minimum atomic E-state index is -0.596. The summed E-state index contributed by atoms with van der Waals surface area (Å²) in [4.78, 5) is 24.3. The normalized spacial score (nSPS) is 16.7. The lowest BCUT2D eigenvalue weighted by Crippen LogP contribution is -2.05. The van der Waals surface area contributed by atoms with Crippen LogP contribution in [-0.4, -0.2) is 19.4 Å². The Morgan fingerprint density at radius 3 is 2.38 bits per heavy atom. The van der Waals surface area contributed by atoms with Crippen LogP contribution in [0.25, 0.3) is 0 Å². The molecule has 0 spiro atoms. The summed E-state index contributed by atoms with van der Waals surface area (Å²) in [5, 5.41) is 21.4. The molecule has 0 fully saturated rings. The number of imidazole rings is 1. The molecule has 0 saturated carbocycles. The molecule has 0 aliphatic carbocycles. The number of nitrogen functional groups attached to an aromatic ring is 1. The van der Waals surface area contributed by atoms with Gasteiger partial charge in [-0.05, 0) is 15.5 Å². The van der Waals surface area contributed by atoms with Gasteiger partial charge in [0.2, 0.25) is 11.6 Å². The van der Waals surface area contributed by atoms with Crippen LogP contribution in [0.4, 0.5) is 17.3 Å². The quantitative estimate of drug-likeness (QED) is 0.674. The minimum absolute atomic E-state index is 0.0321. The number of rotatable bonds is 3. The van der Waals surface area contributed by atoms with Gasteiger partial charge in [0.25, 0.3) is 5.69 Å². The number of hydrogen-bond donors (Lipinski definition) is 1. The Bertz CT molecular complexity index is 737. The number of nitrogens with zero attached hydrogens (tertiary/aromatic N) is 4. The molecular formula is C12H11N5O4. The lowest BCUT2D eigenvalue weighted by atomic mass is 9.97. The van der Waals surface area contributed by atoms with E-state index >= 15 is 0 Å². The first-order chi connectivity index (χ1) is 9.97. The third-order valence-corrected chi connectivity index (χ3v) is 3.65. The van der Waals surface area contributed by atoms with E-state index in [0.717, 1.165) is 5.56 Å². The highest BCUT2D eigenvalue weighted by Gasteiger charge is 2.34. The van der Waals surface area contributed by atoms with E-state index in [9.17, 15) is 20.2 Å². The number of fused-ring (bicyclic) bond motifs is 1. The summed E-state index contributed by atoms with van der Waals surface area (Å²) in [6, 6.07) is 6.28. The minimum Gasteiger partial charge on any atom is -0.378 e. The molecule has 0 amide bonds. The van der Waals surface area contributed by atoms with Crippen LogP contribution in [0.5, 0.6) is 0 Å². The van der Waals surface area contributed by atoms with Gasteiger partial charge in [-0.2, -0.15) is 0 Å². The summed E-state index contributed by atoms with van der Waals surface area (Å²) in [5.41, 5.74) is 6.69. The van der Waals surface area contributed by atoms with Crippen molar-refractivity contribution >= 4 is 17.3 Å². The number of hydrogen-bond acceptors (Lipinski definition) is 6. The largest absolute Gasteiger partial charge is 0.406 e. The van der Waals surface area contributed by atoms with Gasteiger partial charge in [0.1, 0.15) is 0 Å². The van der Waals surface area contributed by atoms with Crippen LogP contribution in [0.1, 0.15) is 17.3 Å². The van der Waals surface area contributed by atoms with Gasteiger partial charge in [0, 0.05) is 31.0 Å². The fraction of sp³-hybridized carbons (Fsp3) is 0.250. The Balaban J connectivity index is 1.84. The van der Waals surface area contributed by atoms with Gasteiger partial charge in [-0.25, -0.2) is 0 Å². The molecule has 1 atom stereocenters. The molecule has 1 aliphatic rings. The maximum Gasteiger partial charge on any atom is 0.406 e. The predicted molar refractivity (Wildman–Crippen MR) is 72.8 cm³/mol. The van der Waals surface area contributed by atoms with Crippen LogP contribution in [0.15, 0.2) is 24.3 Å². The third kappa shape index (κ3) is 2.08. The van der Waals surface area contributed by atoms with Crippen molar-refractivity contribution in [2.45, 2.75) is 18.9 Å². The Morgan fingerprint density at radius 2 is 1.86 bits per heavy atom. The fourth-order valence-corrected chi connectivity index (χ4v) is 2.59. The van der Waals surface area contributed by atoms with Crippen LogP contribution < -0.4 is 5.73 Å². The van der Waals surface area contributed by atoms with Crippen molar-refractivity contribution in [3.05, 3.63) is 55.9 Å².